The standard InChI is InChI=1S/C24H34N2O5/c1-5-22-12-15(27)13-26-10-6-9-23(19(22)26)17-8-7-16(30-3)11-18(17)25(2)20(23)24(29,14-22)21(28)31-4/h7-8,11,15,19-20,27,29H,5-6,9-10,12-14H2,1-4H3/t15-,19-,20+,22-,23+,24+/m0/s1. The van der Waals surface area contributed by atoms with Crippen molar-refractivity contribution < 1.29 is 24.5 Å². The number of anilines is 1. The number of hydrogen-bond donors (Lipinski definition) is 2. The maximum Gasteiger partial charge on any atom is 0.340 e. The third kappa shape index (κ3) is 2.48. The molecule has 4 aliphatic rings. The van der Waals surface area contributed by atoms with Crippen molar-refractivity contribution in [3.8, 4) is 5.75 Å². The highest BCUT2D eigenvalue weighted by atomic mass is 16.5. The number of aliphatic hydroxyl groups excluding tert-OH is 1. The molecular weight excluding hydrogens is 396 g/mol. The number of aliphatic hydroxyl groups is 2. The van der Waals surface area contributed by atoms with Gasteiger partial charge in [-0.3, -0.25) is 4.90 Å². The van der Waals surface area contributed by atoms with Gasteiger partial charge in [0.2, 0.25) is 0 Å². The summed E-state index contributed by atoms with van der Waals surface area (Å²) in [6, 6.07) is 5.85. The summed E-state index contributed by atoms with van der Waals surface area (Å²) in [5.74, 6) is 0.183. The SMILES string of the molecule is CC[C@]12C[C@H](O)CN3CCC[C@@]4(c5ccc(OC)cc5N(C)[C@H]4[C@@](O)(C(=O)OC)C1)[C@@H]32. The summed E-state index contributed by atoms with van der Waals surface area (Å²) in [4.78, 5) is 17.8. The van der Waals surface area contributed by atoms with E-state index in [4.69, 9.17) is 9.47 Å². The topological polar surface area (TPSA) is 82.5 Å². The minimum Gasteiger partial charge on any atom is -0.497 e. The molecule has 2 N–H and O–H groups in total. The molecule has 170 valence electrons. The fourth-order valence-corrected chi connectivity index (χ4v) is 8.11. The molecule has 7 nitrogen and oxygen atoms in total. The Labute approximate surface area is 183 Å². The molecule has 0 aromatic heterocycles. The van der Waals surface area contributed by atoms with Gasteiger partial charge in [0.25, 0.3) is 0 Å². The molecule has 1 aromatic carbocycles. The van der Waals surface area contributed by atoms with E-state index in [2.05, 4.69) is 22.8 Å². The van der Waals surface area contributed by atoms with Crippen molar-refractivity contribution in [3.05, 3.63) is 23.8 Å². The van der Waals surface area contributed by atoms with E-state index >= 15 is 0 Å². The molecule has 31 heavy (non-hydrogen) atoms. The molecule has 7 heteroatoms. The second kappa shape index (κ2) is 6.83. The monoisotopic (exact) mass is 430 g/mol. The van der Waals surface area contributed by atoms with Crippen molar-refractivity contribution in [2.75, 3.05) is 39.3 Å². The fourth-order valence-electron chi connectivity index (χ4n) is 8.11. The van der Waals surface area contributed by atoms with Gasteiger partial charge in [-0.2, -0.15) is 0 Å². The van der Waals surface area contributed by atoms with E-state index in [1.165, 1.54) is 12.7 Å². The van der Waals surface area contributed by atoms with Crippen molar-refractivity contribution in [1.82, 2.24) is 4.90 Å². The largest absolute Gasteiger partial charge is 0.497 e. The second-order valence-electron chi connectivity index (χ2n) is 10.1. The molecule has 0 amide bonds. The number of carbonyl (C=O) groups excluding carboxylic acids is 1. The van der Waals surface area contributed by atoms with Crippen molar-refractivity contribution in [2.24, 2.45) is 5.41 Å². The first-order valence-electron chi connectivity index (χ1n) is 11.4. The van der Waals surface area contributed by atoms with E-state index in [0.717, 1.165) is 37.2 Å². The number of nitrogens with zero attached hydrogens (tertiary/aromatic N) is 2. The molecule has 1 spiro atoms. The molecule has 3 aliphatic heterocycles. The van der Waals surface area contributed by atoms with E-state index < -0.39 is 29.1 Å². The number of ether oxygens (including phenoxy) is 2. The van der Waals surface area contributed by atoms with Crippen molar-refractivity contribution >= 4 is 11.7 Å². The highest BCUT2D eigenvalue weighted by molar-refractivity contribution is 5.85. The molecule has 2 saturated heterocycles. The van der Waals surface area contributed by atoms with Gasteiger partial charge in [0, 0.05) is 36.8 Å². The summed E-state index contributed by atoms with van der Waals surface area (Å²) in [5, 5.41) is 23.0. The normalized spacial score (nSPS) is 41.2. The third-order valence-electron chi connectivity index (χ3n) is 8.83. The average Bonchev–Trinajstić information content (AvgIpc) is 3.01. The van der Waals surface area contributed by atoms with Crippen molar-refractivity contribution in [2.45, 2.75) is 68.2 Å². The van der Waals surface area contributed by atoms with Crippen LogP contribution >= 0.6 is 0 Å². The van der Waals surface area contributed by atoms with E-state index in [0.29, 0.717) is 19.4 Å². The van der Waals surface area contributed by atoms with Crippen LogP contribution in [0.25, 0.3) is 0 Å². The van der Waals surface area contributed by atoms with Crippen LogP contribution in [0.2, 0.25) is 0 Å². The van der Waals surface area contributed by atoms with Crippen molar-refractivity contribution in [3.63, 3.8) is 0 Å². The first-order chi connectivity index (χ1) is 14.8. The Bertz CT molecular complexity index is 908. The molecule has 1 aromatic rings. The van der Waals surface area contributed by atoms with Gasteiger partial charge in [0.1, 0.15) is 5.75 Å². The van der Waals surface area contributed by atoms with Crippen LogP contribution in [0.5, 0.6) is 5.75 Å². The van der Waals surface area contributed by atoms with Crippen LogP contribution in [0, 0.1) is 5.41 Å². The zero-order valence-electron chi connectivity index (χ0n) is 18.9. The summed E-state index contributed by atoms with van der Waals surface area (Å²) >= 11 is 0. The molecule has 3 heterocycles. The third-order valence-corrected chi connectivity index (χ3v) is 8.83. The van der Waals surface area contributed by atoms with Gasteiger partial charge >= 0.3 is 5.97 Å². The zero-order chi connectivity index (χ0) is 22.2. The van der Waals surface area contributed by atoms with Crippen LogP contribution in [0.4, 0.5) is 5.69 Å². The molecule has 0 radical (unpaired) electrons. The Balaban J connectivity index is 1.81. The molecule has 5 rings (SSSR count). The Kier molecular flexibility index (Phi) is 4.64. The van der Waals surface area contributed by atoms with Crippen LogP contribution in [0.1, 0.15) is 44.6 Å². The van der Waals surface area contributed by atoms with Crippen LogP contribution in [0.3, 0.4) is 0 Å². The molecule has 6 atom stereocenters. The average molecular weight is 431 g/mol. The Morgan fingerprint density at radius 3 is 2.74 bits per heavy atom. The van der Waals surface area contributed by atoms with Gasteiger partial charge in [-0.25, -0.2) is 4.79 Å². The lowest BCUT2D eigenvalue weighted by molar-refractivity contribution is -0.210. The van der Waals surface area contributed by atoms with Crippen LogP contribution in [-0.4, -0.2) is 79.2 Å². The quantitative estimate of drug-likeness (QED) is 0.706. The first-order valence-corrected chi connectivity index (χ1v) is 11.4. The highest BCUT2D eigenvalue weighted by Gasteiger charge is 2.75. The minimum absolute atomic E-state index is 0.147. The number of piperidine rings is 2. The zero-order valence-corrected chi connectivity index (χ0v) is 18.9. The lowest BCUT2D eigenvalue weighted by Gasteiger charge is -2.68. The molecule has 0 unspecified atom stereocenters. The highest BCUT2D eigenvalue weighted by Crippen LogP contribution is 2.66. The van der Waals surface area contributed by atoms with Gasteiger partial charge < -0.3 is 24.6 Å². The lowest BCUT2D eigenvalue weighted by atomic mass is 9.45. The predicted molar refractivity (Wildman–Crippen MR) is 116 cm³/mol. The first kappa shape index (κ1) is 21.0. The van der Waals surface area contributed by atoms with Gasteiger partial charge in [0.05, 0.1) is 26.4 Å². The minimum atomic E-state index is -1.66. The number of esters is 1. The number of benzene rings is 1. The number of hydrogen-bond acceptors (Lipinski definition) is 7. The Hall–Kier alpha value is -1.83. The molecule has 3 fully saturated rings. The van der Waals surface area contributed by atoms with E-state index in [9.17, 15) is 15.0 Å². The fraction of sp³-hybridized carbons (Fsp3) is 0.708. The number of methoxy groups -OCH3 is 2. The number of likely N-dealkylation sites (N-methyl/N-ethyl adjacent to an activating group) is 1. The van der Waals surface area contributed by atoms with Crippen LogP contribution in [0.15, 0.2) is 18.2 Å². The summed E-state index contributed by atoms with van der Waals surface area (Å²) in [6.07, 6.45) is 3.06. The summed E-state index contributed by atoms with van der Waals surface area (Å²) in [6.45, 7) is 3.71. The lowest BCUT2D eigenvalue weighted by Crippen LogP contribution is -2.80. The maximum absolute atomic E-state index is 13.2. The number of rotatable bonds is 3. The van der Waals surface area contributed by atoms with Crippen LogP contribution in [-0.2, 0) is 14.9 Å². The summed E-state index contributed by atoms with van der Waals surface area (Å²) in [7, 11) is 4.98. The molecule has 0 bridgehead atoms. The number of fused-ring (bicyclic) bond motifs is 1. The molecular formula is C24H34N2O5. The maximum atomic E-state index is 13.2. The summed E-state index contributed by atoms with van der Waals surface area (Å²) in [5.41, 5.74) is -0.285. The second-order valence-corrected chi connectivity index (χ2v) is 10.1. The molecule has 1 saturated carbocycles. The van der Waals surface area contributed by atoms with Gasteiger partial charge in [-0.05, 0) is 55.7 Å². The van der Waals surface area contributed by atoms with Crippen LogP contribution < -0.4 is 9.64 Å². The van der Waals surface area contributed by atoms with E-state index in [1.54, 1.807) is 7.11 Å². The van der Waals surface area contributed by atoms with Gasteiger partial charge in [-0.1, -0.05) is 13.0 Å². The van der Waals surface area contributed by atoms with E-state index in [1.807, 2.05) is 19.2 Å². The van der Waals surface area contributed by atoms with Crippen molar-refractivity contribution in [1.29, 1.82) is 0 Å². The van der Waals surface area contributed by atoms with Gasteiger partial charge in [-0.15, -0.1) is 0 Å². The predicted octanol–water partition coefficient (Wildman–Crippen LogP) is 1.68. The van der Waals surface area contributed by atoms with Gasteiger partial charge in [0.15, 0.2) is 5.60 Å². The Morgan fingerprint density at radius 1 is 1.29 bits per heavy atom. The molecule has 1 aliphatic carbocycles. The summed E-state index contributed by atoms with van der Waals surface area (Å²) < 4.78 is 10.7. The number of carbonyl (C=O) groups is 1. The smallest absolute Gasteiger partial charge is 0.340 e. The Morgan fingerprint density at radius 2 is 2.06 bits per heavy atom. The van der Waals surface area contributed by atoms with E-state index in [-0.39, 0.29) is 11.5 Å².